The summed E-state index contributed by atoms with van der Waals surface area (Å²) in [4.78, 5) is 38.2. The van der Waals surface area contributed by atoms with E-state index in [1.807, 2.05) is 44.2 Å². The first-order chi connectivity index (χ1) is 12.4. The zero-order valence-electron chi connectivity index (χ0n) is 15.8. The van der Waals surface area contributed by atoms with E-state index in [0.717, 1.165) is 5.56 Å². The molecule has 1 atom stereocenters. The van der Waals surface area contributed by atoms with Crippen molar-refractivity contribution in [2.45, 2.75) is 39.7 Å². The van der Waals surface area contributed by atoms with Gasteiger partial charge in [-0.05, 0) is 37.3 Å². The summed E-state index contributed by atoms with van der Waals surface area (Å²) in [6, 6.07) is 9.25. The molecule has 1 aliphatic heterocycles. The number of Topliss-reactive ketones (excluding diaryl/α,β-unsaturated/α-hetero) is 1. The zero-order valence-corrected chi connectivity index (χ0v) is 15.8. The third-order valence-corrected chi connectivity index (χ3v) is 4.80. The maximum absolute atomic E-state index is 12.4. The van der Waals surface area contributed by atoms with Crippen LogP contribution in [0.4, 0.5) is 0 Å². The number of piperidine rings is 1. The second kappa shape index (κ2) is 9.32. The summed E-state index contributed by atoms with van der Waals surface area (Å²) in [5.74, 6) is -0.201. The number of carbonyl (C=O) groups excluding carboxylic acids is 3. The van der Waals surface area contributed by atoms with Crippen LogP contribution < -0.4 is 5.32 Å². The van der Waals surface area contributed by atoms with Gasteiger partial charge in [0.25, 0.3) is 0 Å². The van der Waals surface area contributed by atoms with Gasteiger partial charge in [0.15, 0.2) is 5.78 Å². The van der Waals surface area contributed by atoms with Crippen molar-refractivity contribution in [1.82, 2.24) is 10.2 Å². The van der Waals surface area contributed by atoms with Crippen LogP contribution in [0, 0.1) is 11.8 Å². The molecule has 2 rings (SSSR count). The maximum Gasteiger partial charge on any atom is 0.246 e. The summed E-state index contributed by atoms with van der Waals surface area (Å²) >= 11 is 0. The standard InChI is InChI=1S/C21H28N2O3/c1-15(2)20(16(3)24)22-21(26)18-11-13-23(14-12-18)19(25)10-9-17-7-5-4-6-8-17/h4-10,15,18,20H,11-14H2,1-3H3,(H,22,26). The van der Waals surface area contributed by atoms with Crippen LogP contribution in [0.1, 0.15) is 39.2 Å². The molecule has 1 aromatic carbocycles. The molecule has 1 unspecified atom stereocenters. The van der Waals surface area contributed by atoms with E-state index >= 15 is 0 Å². The van der Waals surface area contributed by atoms with Crippen molar-refractivity contribution in [2.75, 3.05) is 13.1 Å². The second-order valence-electron chi connectivity index (χ2n) is 7.18. The number of likely N-dealkylation sites (tertiary alicyclic amines) is 1. The minimum atomic E-state index is -0.434. The van der Waals surface area contributed by atoms with Gasteiger partial charge in [0.05, 0.1) is 6.04 Å². The number of ketones is 1. The minimum absolute atomic E-state index is 0.0213. The van der Waals surface area contributed by atoms with Crippen LogP contribution in [-0.4, -0.2) is 41.6 Å². The predicted octanol–water partition coefficient (Wildman–Crippen LogP) is 2.67. The lowest BCUT2D eigenvalue weighted by atomic mass is 9.93. The van der Waals surface area contributed by atoms with E-state index in [1.165, 1.54) is 6.92 Å². The van der Waals surface area contributed by atoms with Crippen LogP contribution >= 0.6 is 0 Å². The van der Waals surface area contributed by atoms with E-state index in [9.17, 15) is 14.4 Å². The third-order valence-electron chi connectivity index (χ3n) is 4.80. The first kappa shape index (κ1) is 19.9. The van der Waals surface area contributed by atoms with Crippen LogP contribution in [0.15, 0.2) is 36.4 Å². The Morgan fingerprint density at radius 2 is 1.73 bits per heavy atom. The summed E-state index contributed by atoms with van der Waals surface area (Å²) in [7, 11) is 0. The lowest BCUT2D eigenvalue weighted by Gasteiger charge is -2.31. The molecule has 1 aliphatic rings. The molecule has 140 valence electrons. The van der Waals surface area contributed by atoms with Gasteiger partial charge in [-0.1, -0.05) is 44.2 Å². The fourth-order valence-corrected chi connectivity index (χ4v) is 3.21. The first-order valence-corrected chi connectivity index (χ1v) is 9.21. The van der Waals surface area contributed by atoms with Gasteiger partial charge in [0, 0.05) is 25.1 Å². The lowest BCUT2D eigenvalue weighted by Crippen LogP contribution is -2.48. The number of hydrogen-bond acceptors (Lipinski definition) is 3. The van der Waals surface area contributed by atoms with E-state index in [1.54, 1.807) is 17.1 Å². The Morgan fingerprint density at radius 1 is 1.12 bits per heavy atom. The van der Waals surface area contributed by atoms with Crippen molar-refractivity contribution in [3.05, 3.63) is 42.0 Å². The van der Waals surface area contributed by atoms with Crippen molar-refractivity contribution >= 4 is 23.7 Å². The number of nitrogens with one attached hydrogen (secondary N) is 1. The molecule has 1 fully saturated rings. The number of carbonyl (C=O) groups is 3. The monoisotopic (exact) mass is 356 g/mol. The highest BCUT2D eigenvalue weighted by molar-refractivity contribution is 5.92. The second-order valence-corrected chi connectivity index (χ2v) is 7.18. The van der Waals surface area contributed by atoms with E-state index in [0.29, 0.717) is 25.9 Å². The molecule has 0 bridgehead atoms. The average molecular weight is 356 g/mol. The number of nitrogens with zero attached hydrogens (tertiary/aromatic N) is 1. The number of rotatable bonds is 6. The largest absolute Gasteiger partial charge is 0.346 e. The molecule has 1 saturated heterocycles. The molecule has 5 nitrogen and oxygen atoms in total. The Bertz CT molecular complexity index is 659. The number of amides is 2. The fourth-order valence-electron chi connectivity index (χ4n) is 3.21. The topological polar surface area (TPSA) is 66.5 Å². The van der Waals surface area contributed by atoms with Gasteiger partial charge in [-0.15, -0.1) is 0 Å². The summed E-state index contributed by atoms with van der Waals surface area (Å²) in [5, 5.41) is 2.87. The van der Waals surface area contributed by atoms with Crippen LogP contribution in [0.5, 0.6) is 0 Å². The average Bonchev–Trinajstić information content (AvgIpc) is 2.64. The van der Waals surface area contributed by atoms with Gasteiger partial charge in [0.2, 0.25) is 11.8 Å². The van der Waals surface area contributed by atoms with Gasteiger partial charge in [-0.3, -0.25) is 14.4 Å². The smallest absolute Gasteiger partial charge is 0.246 e. The maximum atomic E-state index is 12.4. The van der Waals surface area contributed by atoms with Gasteiger partial charge in [0.1, 0.15) is 0 Å². The van der Waals surface area contributed by atoms with E-state index in [4.69, 9.17) is 0 Å². The quantitative estimate of drug-likeness (QED) is 0.797. The first-order valence-electron chi connectivity index (χ1n) is 9.21. The molecule has 0 spiro atoms. The third kappa shape index (κ3) is 5.55. The summed E-state index contributed by atoms with van der Waals surface area (Å²) < 4.78 is 0. The number of hydrogen-bond donors (Lipinski definition) is 1. The van der Waals surface area contributed by atoms with Crippen LogP contribution in [0.2, 0.25) is 0 Å². The molecule has 5 heteroatoms. The Balaban J connectivity index is 1.84. The Kier molecular flexibility index (Phi) is 7.13. The molecule has 26 heavy (non-hydrogen) atoms. The van der Waals surface area contributed by atoms with Gasteiger partial charge < -0.3 is 10.2 Å². The normalized spacial score (nSPS) is 16.7. The summed E-state index contributed by atoms with van der Waals surface area (Å²) in [5.41, 5.74) is 0.985. The van der Waals surface area contributed by atoms with E-state index < -0.39 is 6.04 Å². The van der Waals surface area contributed by atoms with Gasteiger partial charge in [-0.2, -0.15) is 0 Å². The molecule has 0 radical (unpaired) electrons. The Labute approximate surface area is 155 Å². The van der Waals surface area contributed by atoms with Crippen molar-refractivity contribution in [2.24, 2.45) is 11.8 Å². The van der Waals surface area contributed by atoms with Crippen molar-refractivity contribution in [3.63, 3.8) is 0 Å². The lowest BCUT2D eigenvalue weighted by molar-refractivity contribution is -0.134. The van der Waals surface area contributed by atoms with Crippen LogP contribution in [0.3, 0.4) is 0 Å². The van der Waals surface area contributed by atoms with Gasteiger partial charge >= 0.3 is 0 Å². The Morgan fingerprint density at radius 3 is 2.27 bits per heavy atom. The molecule has 1 heterocycles. The fraction of sp³-hybridized carbons (Fsp3) is 0.476. The SMILES string of the molecule is CC(=O)C(NC(=O)C1CCN(C(=O)C=Cc2ccccc2)CC1)C(C)C. The predicted molar refractivity (Wildman–Crippen MR) is 102 cm³/mol. The molecular formula is C21H28N2O3. The van der Waals surface area contributed by atoms with Crippen LogP contribution in [-0.2, 0) is 14.4 Å². The molecule has 2 amide bonds. The van der Waals surface area contributed by atoms with Gasteiger partial charge in [-0.25, -0.2) is 0 Å². The molecular weight excluding hydrogens is 328 g/mol. The summed E-state index contributed by atoms with van der Waals surface area (Å²) in [6.45, 7) is 6.47. The van der Waals surface area contributed by atoms with E-state index in [-0.39, 0.29) is 29.4 Å². The minimum Gasteiger partial charge on any atom is -0.346 e. The molecule has 0 aromatic heterocycles. The molecule has 0 aliphatic carbocycles. The highest BCUT2D eigenvalue weighted by Gasteiger charge is 2.29. The van der Waals surface area contributed by atoms with Crippen molar-refractivity contribution in [3.8, 4) is 0 Å². The zero-order chi connectivity index (χ0) is 19.1. The molecule has 1 aromatic rings. The Hall–Kier alpha value is -2.43. The van der Waals surface area contributed by atoms with Crippen molar-refractivity contribution in [1.29, 1.82) is 0 Å². The molecule has 1 N–H and O–H groups in total. The van der Waals surface area contributed by atoms with Crippen LogP contribution in [0.25, 0.3) is 6.08 Å². The van der Waals surface area contributed by atoms with Crippen molar-refractivity contribution < 1.29 is 14.4 Å². The summed E-state index contributed by atoms with van der Waals surface area (Å²) in [6.07, 6.45) is 4.64. The highest BCUT2D eigenvalue weighted by Crippen LogP contribution is 2.19. The number of benzene rings is 1. The molecule has 0 saturated carbocycles. The highest BCUT2D eigenvalue weighted by atomic mass is 16.2. The van der Waals surface area contributed by atoms with E-state index in [2.05, 4.69) is 5.32 Å².